The van der Waals surface area contributed by atoms with Crippen LogP contribution in [0, 0.1) is 0 Å². The second-order valence-corrected chi connectivity index (χ2v) is 7.10. The van der Waals surface area contributed by atoms with Gasteiger partial charge < -0.3 is 15.4 Å². The van der Waals surface area contributed by atoms with Crippen LogP contribution in [0.1, 0.15) is 29.4 Å². The lowest BCUT2D eigenvalue weighted by molar-refractivity contribution is -0.129. The van der Waals surface area contributed by atoms with Gasteiger partial charge in [0.15, 0.2) is 10.8 Å². The summed E-state index contributed by atoms with van der Waals surface area (Å²) in [5.41, 5.74) is 1.11. The highest BCUT2D eigenvalue weighted by Crippen LogP contribution is 2.18. The van der Waals surface area contributed by atoms with Crippen LogP contribution in [0.2, 0.25) is 0 Å². The number of imide groups is 1. The number of amides is 4. The molecule has 2 N–H and O–H groups in total. The summed E-state index contributed by atoms with van der Waals surface area (Å²) in [5, 5.41) is 6.76. The van der Waals surface area contributed by atoms with Crippen LogP contribution in [0.3, 0.4) is 0 Å². The van der Waals surface area contributed by atoms with Crippen molar-refractivity contribution in [2.45, 2.75) is 25.8 Å². The predicted octanol–water partition coefficient (Wildman–Crippen LogP) is 1.81. The van der Waals surface area contributed by atoms with E-state index in [9.17, 15) is 19.2 Å². The summed E-state index contributed by atoms with van der Waals surface area (Å²) in [4.78, 5) is 53.5. The Balaban J connectivity index is 1.52. The molecule has 1 aliphatic rings. The van der Waals surface area contributed by atoms with Crippen LogP contribution < -0.4 is 10.6 Å². The first-order valence-corrected chi connectivity index (χ1v) is 9.94. The molecule has 9 nitrogen and oxygen atoms in total. The maximum atomic E-state index is 12.5. The van der Waals surface area contributed by atoms with Crippen molar-refractivity contribution < 1.29 is 23.9 Å². The van der Waals surface area contributed by atoms with Crippen molar-refractivity contribution in [3.8, 4) is 0 Å². The average Bonchev–Trinajstić information content (AvgIpc) is 3.26. The minimum Gasteiger partial charge on any atom is -0.461 e. The Bertz CT molecular complexity index is 914. The molecule has 0 saturated carbocycles. The van der Waals surface area contributed by atoms with Gasteiger partial charge in [-0.15, -0.1) is 11.3 Å². The number of carbonyl (C=O) groups is 4. The molecule has 152 valence electrons. The van der Waals surface area contributed by atoms with Crippen LogP contribution in [-0.2, 0) is 20.7 Å². The van der Waals surface area contributed by atoms with Crippen molar-refractivity contribution >= 4 is 40.3 Å². The standard InChI is InChI=1S/C19H20N4O5S/c1-2-28-17(26)14-11-29-18(20-14)22-15(24)10-13-16(25)23(19(27)21-13)9-8-12-6-4-3-5-7-12/h3-7,11,13H,2,8-10H2,1H3,(H,21,27)(H,20,22,24). The van der Waals surface area contributed by atoms with E-state index in [4.69, 9.17) is 4.74 Å². The number of benzene rings is 1. The van der Waals surface area contributed by atoms with E-state index in [0.717, 1.165) is 21.8 Å². The smallest absolute Gasteiger partial charge is 0.357 e. The highest BCUT2D eigenvalue weighted by atomic mass is 32.1. The van der Waals surface area contributed by atoms with Crippen molar-refractivity contribution in [1.82, 2.24) is 15.2 Å². The summed E-state index contributed by atoms with van der Waals surface area (Å²) in [6.07, 6.45) is 0.315. The molecule has 1 fully saturated rings. The molecule has 10 heteroatoms. The summed E-state index contributed by atoms with van der Waals surface area (Å²) in [7, 11) is 0. The van der Waals surface area contributed by atoms with Crippen molar-refractivity contribution in [3.05, 3.63) is 47.0 Å². The van der Waals surface area contributed by atoms with Crippen molar-refractivity contribution in [2.75, 3.05) is 18.5 Å². The van der Waals surface area contributed by atoms with Gasteiger partial charge in [-0.3, -0.25) is 14.5 Å². The molecule has 2 aromatic rings. The minimum atomic E-state index is -0.928. The molecule has 1 aromatic carbocycles. The van der Waals surface area contributed by atoms with Gasteiger partial charge >= 0.3 is 12.0 Å². The second kappa shape index (κ2) is 9.28. The molecular weight excluding hydrogens is 396 g/mol. The van der Waals surface area contributed by atoms with E-state index in [2.05, 4.69) is 15.6 Å². The Kier molecular flexibility index (Phi) is 6.55. The summed E-state index contributed by atoms with van der Waals surface area (Å²) in [6, 6.07) is 8.07. The van der Waals surface area contributed by atoms with Gasteiger partial charge in [0.05, 0.1) is 13.0 Å². The van der Waals surface area contributed by atoms with Crippen LogP contribution in [0.15, 0.2) is 35.7 Å². The molecule has 0 radical (unpaired) electrons. The number of aromatic nitrogens is 1. The Labute approximate surface area is 171 Å². The molecule has 1 aromatic heterocycles. The molecule has 1 saturated heterocycles. The van der Waals surface area contributed by atoms with E-state index >= 15 is 0 Å². The fourth-order valence-corrected chi connectivity index (χ4v) is 3.49. The quantitative estimate of drug-likeness (QED) is 0.501. The van der Waals surface area contributed by atoms with Gasteiger partial charge in [0.2, 0.25) is 5.91 Å². The highest BCUT2D eigenvalue weighted by molar-refractivity contribution is 7.14. The van der Waals surface area contributed by atoms with Crippen LogP contribution in [0.25, 0.3) is 0 Å². The lowest BCUT2D eigenvalue weighted by Crippen LogP contribution is -2.34. The molecule has 3 rings (SSSR count). The Morgan fingerprint density at radius 1 is 1.28 bits per heavy atom. The normalized spacial score (nSPS) is 15.9. The van der Waals surface area contributed by atoms with Gasteiger partial charge in [-0.05, 0) is 18.9 Å². The molecule has 1 atom stereocenters. The van der Waals surface area contributed by atoms with Gasteiger partial charge in [-0.2, -0.15) is 0 Å². The van der Waals surface area contributed by atoms with Gasteiger partial charge in [0, 0.05) is 11.9 Å². The lowest BCUT2D eigenvalue weighted by Gasteiger charge is -2.12. The van der Waals surface area contributed by atoms with E-state index in [1.807, 2.05) is 30.3 Å². The third kappa shape index (κ3) is 5.17. The van der Waals surface area contributed by atoms with Gasteiger partial charge in [-0.1, -0.05) is 30.3 Å². The van der Waals surface area contributed by atoms with E-state index < -0.39 is 29.9 Å². The van der Waals surface area contributed by atoms with Crippen molar-refractivity contribution in [3.63, 3.8) is 0 Å². The molecule has 1 unspecified atom stereocenters. The molecule has 0 aliphatic carbocycles. The number of esters is 1. The zero-order chi connectivity index (χ0) is 20.8. The van der Waals surface area contributed by atoms with Crippen LogP contribution in [0.5, 0.6) is 0 Å². The third-order valence-corrected chi connectivity index (χ3v) is 4.96. The molecule has 0 bridgehead atoms. The maximum absolute atomic E-state index is 12.5. The zero-order valence-corrected chi connectivity index (χ0v) is 16.5. The number of ether oxygens (including phenoxy) is 1. The number of hydrogen-bond donors (Lipinski definition) is 2. The molecule has 29 heavy (non-hydrogen) atoms. The van der Waals surface area contributed by atoms with E-state index in [0.29, 0.717) is 6.42 Å². The van der Waals surface area contributed by atoms with Crippen LogP contribution in [-0.4, -0.2) is 52.9 Å². The lowest BCUT2D eigenvalue weighted by atomic mass is 10.1. The monoisotopic (exact) mass is 416 g/mol. The fraction of sp³-hybridized carbons (Fsp3) is 0.316. The second-order valence-electron chi connectivity index (χ2n) is 6.24. The third-order valence-electron chi connectivity index (χ3n) is 4.20. The summed E-state index contributed by atoms with van der Waals surface area (Å²) < 4.78 is 4.84. The van der Waals surface area contributed by atoms with Crippen molar-refractivity contribution in [1.29, 1.82) is 0 Å². The summed E-state index contributed by atoms with van der Waals surface area (Å²) in [6.45, 7) is 2.15. The Hall–Kier alpha value is -3.27. The molecule has 0 spiro atoms. The first kappa shape index (κ1) is 20.5. The first-order chi connectivity index (χ1) is 14.0. The number of nitrogens with one attached hydrogen (secondary N) is 2. The maximum Gasteiger partial charge on any atom is 0.357 e. The highest BCUT2D eigenvalue weighted by Gasteiger charge is 2.38. The van der Waals surface area contributed by atoms with Gasteiger partial charge in [-0.25, -0.2) is 14.6 Å². The fourth-order valence-electron chi connectivity index (χ4n) is 2.80. The topological polar surface area (TPSA) is 118 Å². The van der Waals surface area contributed by atoms with E-state index in [1.165, 1.54) is 5.38 Å². The number of carbonyl (C=O) groups excluding carboxylic acids is 4. The largest absolute Gasteiger partial charge is 0.461 e. The predicted molar refractivity (Wildman–Crippen MR) is 105 cm³/mol. The van der Waals surface area contributed by atoms with Crippen LogP contribution in [0.4, 0.5) is 9.93 Å². The van der Waals surface area contributed by atoms with Crippen LogP contribution >= 0.6 is 11.3 Å². The number of anilines is 1. The van der Waals surface area contributed by atoms with E-state index in [1.54, 1.807) is 6.92 Å². The SMILES string of the molecule is CCOC(=O)c1csc(NC(=O)CC2NC(=O)N(CCc3ccccc3)C2=O)n1. The minimum absolute atomic E-state index is 0.101. The van der Waals surface area contributed by atoms with E-state index in [-0.39, 0.29) is 30.4 Å². The molecular formula is C19H20N4O5S. The first-order valence-electron chi connectivity index (χ1n) is 9.06. The molecule has 1 aliphatic heterocycles. The number of thiazole rings is 1. The van der Waals surface area contributed by atoms with Gasteiger partial charge in [0.1, 0.15) is 6.04 Å². The zero-order valence-electron chi connectivity index (χ0n) is 15.7. The van der Waals surface area contributed by atoms with Crippen molar-refractivity contribution in [2.24, 2.45) is 0 Å². The summed E-state index contributed by atoms with van der Waals surface area (Å²) >= 11 is 1.07. The molecule has 2 heterocycles. The number of rotatable bonds is 8. The number of nitrogens with zero attached hydrogens (tertiary/aromatic N) is 2. The average molecular weight is 416 g/mol. The van der Waals surface area contributed by atoms with Gasteiger partial charge in [0.25, 0.3) is 5.91 Å². The Morgan fingerprint density at radius 3 is 2.76 bits per heavy atom. The molecule has 4 amide bonds. The summed E-state index contributed by atoms with van der Waals surface area (Å²) in [5.74, 6) is -1.50. The number of urea groups is 1. The Morgan fingerprint density at radius 2 is 2.03 bits per heavy atom. The number of hydrogen-bond acceptors (Lipinski definition) is 7.